The summed E-state index contributed by atoms with van der Waals surface area (Å²) in [6.45, 7) is 2.27. The van der Waals surface area contributed by atoms with Gasteiger partial charge in [-0.2, -0.15) is 0 Å². The van der Waals surface area contributed by atoms with Crippen molar-refractivity contribution in [2.45, 2.75) is 51.4 Å². The lowest BCUT2D eigenvalue weighted by Crippen LogP contribution is -2.10. The van der Waals surface area contributed by atoms with Crippen LogP contribution in [0.2, 0.25) is 0 Å². The highest BCUT2D eigenvalue weighted by molar-refractivity contribution is 5.65. The molecule has 1 saturated carbocycles. The van der Waals surface area contributed by atoms with Crippen LogP contribution in [0.1, 0.15) is 55.2 Å². The second kappa shape index (κ2) is 9.43. The van der Waals surface area contributed by atoms with Gasteiger partial charge in [0.25, 0.3) is 0 Å². The van der Waals surface area contributed by atoms with Crippen LogP contribution < -0.4 is 0 Å². The summed E-state index contributed by atoms with van der Waals surface area (Å²) < 4.78 is 69.3. The molecule has 3 aromatic carbocycles. The molecular weight excluding hydrogens is 419 g/mol. The molecule has 1 fully saturated rings. The van der Waals surface area contributed by atoms with E-state index in [4.69, 9.17) is 0 Å². The van der Waals surface area contributed by atoms with E-state index in [1.807, 2.05) is 24.3 Å². The summed E-state index contributed by atoms with van der Waals surface area (Å²) in [7, 11) is 0. The first kappa shape index (κ1) is 22.5. The topological polar surface area (TPSA) is 0 Å². The smallest absolute Gasteiger partial charge is 0.194 e. The Morgan fingerprint density at radius 2 is 1.31 bits per heavy atom. The third-order valence-electron chi connectivity index (χ3n) is 6.60. The largest absolute Gasteiger partial charge is 0.204 e. The van der Waals surface area contributed by atoms with Crippen molar-refractivity contribution in [1.82, 2.24) is 0 Å². The Bertz CT molecular complexity index is 1070. The molecule has 0 bridgehead atoms. The summed E-state index contributed by atoms with van der Waals surface area (Å²) in [5.41, 5.74) is 2.29. The zero-order valence-electron chi connectivity index (χ0n) is 17.9. The maximum absolute atomic E-state index is 14.8. The van der Waals surface area contributed by atoms with Crippen molar-refractivity contribution in [1.29, 1.82) is 0 Å². The van der Waals surface area contributed by atoms with E-state index in [1.54, 1.807) is 0 Å². The van der Waals surface area contributed by atoms with Crippen LogP contribution in [-0.2, 0) is 12.8 Å². The minimum absolute atomic E-state index is 0.0343. The van der Waals surface area contributed by atoms with Crippen LogP contribution in [0.3, 0.4) is 0 Å². The van der Waals surface area contributed by atoms with Gasteiger partial charge in [-0.05, 0) is 71.9 Å². The van der Waals surface area contributed by atoms with Gasteiger partial charge in [-0.3, -0.25) is 0 Å². The molecule has 0 spiro atoms. The van der Waals surface area contributed by atoms with Crippen LogP contribution in [0.15, 0.2) is 48.5 Å². The lowest BCUT2D eigenvalue weighted by molar-refractivity contribution is 0.348. The average Bonchev–Trinajstić information content (AvgIpc) is 2.79. The molecule has 4 rings (SSSR count). The minimum Gasteiger partial charge on any atom is -0.204 e. The number of hydrogen-bond acceptors (Lipinski definition) is 0. The molecule has 0 aromatic heterocycles. The van der Waals surface area contributed by atoms with Crippen LogP contribution in [0.5, 0.6) is 0 Å². The van der Waals surface area contributed by atoms with E-state index in [1.165, 1.54) is 30.5 Å². The third kappa shape index (κ3) is 4.72. The molecule has 0 amide bonds. The van der Waals surface area contributed by atoms with Crippen molar-refractivity contribution >= 4 is 0 Å². The molecule has 5 heteroatoms. The first-order valence-corrected chi connectivity index (χ1v) is 11.0. The maximum Gasteiger partial charge on any atom is 0.194 e. The summed E-state index contributed by atoms with van der Waals surface area (Å²) in [5, 5.41) is 0. The Hall–Kier alpha value is -2.69. The fourth-order valence-corrected chi connectivity index (χ4v) is 4.57. The number of benzene rings is 3. The first-order valence-electron chi connectivity index (χ1n) is 11.0. The number of halogens is 5. The fourth-order valence-electron chi connectivity index (χ4n) is 4.57. The van der Waals surface area contributed by atoms with Gasteiger partial charge in [0, 0.05) is 5.56 Å². The van der Waals surface area contributed by atoms with Crippen molar-refractivity contribution in [2.24, 2.45) is 5.92 Å². The Balaban J connectivity index is 1.49. The predicted octanol–water partition coefficient (Wildman–Crippen LogP) is 8.13. The summed E-state index contributed by atoms with van der Waals surface area (Å²) in [6.07, 6.45) is 4.82. The maximum atomic E-state index is 14.8. The second-order valence-electron chi connectivity index (χ2n) is 8.85. The average molecular weight is 444 g/mol. The van der Waals surface area contributed by atoms with Crippen LogP contribution in [0.4, 0.5) is 22.0 Å². The van der Waals surface area contributed by atoms with Crippen molar-refractivity contribution in [2.75, 3.05) is 0 Å². The molecule has 0 radical (unpaired) electrons. The van der Waals surface area contributed by atoms with Gasteiger partial charge in [0.05, 0.1) is 0 Å². The lowest BCUT2D eigenvalue weighted by Gasteiger charge is -2.26. The number of hydrogen-bond donors (Lipinski definition) is 0. The van der Waals surface area contributed by atoms with Gasteiger partial charge in [-0.1, -0.05) is 56.2 Å². The fraction of sp³-hybridized carbons (Fsp3) is 0.333. The van der Waals surface area contributed by atoms with Crippen LogP contribution in [0.25, 0.3) is 11.1 Å². The summed E-state index contributed by atoms with van der Waals surface area (Å²) in [4.78, 5) is 0. The van der Waals surface area contributed by atoms with E-state index in [0.29, 0.717) is 11.5 Å². The molecule has 0 aliphatic heterocycles. The normalized spacial score (nSPS) is 18.7. The van der Waals surface area contributed by atoms with Crippen LogP contribution in [-0.4, -0.2) is 0 Å². The molecule has 1 aliphatic rings. The highest BCUT2D eigenvalue weighted by Crippen LogP contribution is 2.36. The standard InChI is InChI=1S/C27H25F5/c1-16-2-5-18(6-3-16)19-8-10-20(11-9-19)22-13-12-21(25(30)26(22)31)7-4-17-14-23(28)27(32)24(29)15-17/h8-16,18H,2-7H2,1H3. The van der Waals surface area contributed by atoms with Gasteiger partial charge in [0.15, 0.2) is 29.1 Å². The zero-order valence-corrected chi connectivity index (χ0v) is 17.9. The highest BCUT2D eigenvalue weighted by atomic mass is 19.2. The lowest BCUT2D eigenvalue weighted by atomic mass is 9.79. The highest BCUT2D eigenvalue weighted by Gasteiger charge is 2.20. The van der Waals surface area contributed by atoms with Gasteiger partial charge >= 0.3 is 0 Å². The first-order chi connectivity index (χ1) is 15.3. The van der Waals surface area contributed by atoms with Crippen molar-refractivity contribution in [3.05, 3.63) is 94.3 Å². The number of aryl methyl sites for hydroxylation is 2. The van der Waals surface area contributed by atoms with Crippen molar-refractivity contribution in [3.63, 3.8) is 0 Å². The molecule has 0 heterocycles. The molecule has 0 atom stereocenters. The number of rotatable bonds is 5. The molecule has 32 heavy (non-hydrogen) atoms. The Kier molecular flexibility index (Phi) is 6.63. The monoisotopic (exact) mass is 444 g/mol. The molecule has 168 valence electrons. The van der Waals surface area contributed by atoms with Gasteiger partial charge in [-0.15, -0.1) is 0 Å². The summed E-state index contributed by atoms with van der Waals surface area (Å²) >= 11 is 0. The van der Waals surface area contributed by atoms with E-state index in [9.17, 15) is 22.0 Å². The molecule has 0 N–H and O–H groups in total. The Labute approximate surface area is 185 Å². The summed E-state index contributed by atoms with van der Waals surface area (Å²) in [5.74, 6) is -4.78. The Morgan fingerprint density at radius 1 is 0.688 bits per heavy atom. The molecule has 1 aliphatic carbocycles. The minimum atomic E-state index is -1.54. The van der Waals surface area contributed by atoms with Crippen molar-refractivity contribution < 1.29 is 22.0 Å². The summed E-state index contributed by atoms with van der Waals surface area (Å²) in [6, 6.07) is 12.4. The van der Waals surface area contributed by atoms with Gasteiger partial charge in [0.1, 0.15) is 0 Å². The zero-order chi connectivity index (χ0) is 22.8. The van der Waals surface area contributed by atoms with Crippen LogP contribution >= 0.6 is 0 Å². The third-order valence-corrected chi connectivity index (χ3v) is 6.60. The molecule has 0 unspecified atom stereocenters. The van der Waals surface area contributed by atoms with Crippen LogP contribution in [0, 0.1) is 35.0 Å². The SMILES string of the molecule is CC1CCC(c2ccc(-c3ccc(CCc4cc(F)c(F)c(F)c4)c(F)c3F)cc2)CC1. The Morgan fingerprint density at radius 3 is 1.94 bits per heavy atom. The van der Waals surface area contributed by atoms with E-state index in [0.717, 1.165) is 30.9 Å². The van der Waals surface area contributed by atoms with Gasteiger partial charge in [0.2, 0.25) is 0 Å². The molecular formula is C27H25F5. The quantitative estimate of drug-likeness (QED) is 0.275. The van der Waals surface area contributed by atoms with Gasteiger partial charge in [-0.25, -0.2) is 22.0 Å². The second-order valence-corrected chi connectivity index (χ2v) is 8.85. The van der Waals surface area contributed by atoms with Gasteiger partial charge < -0.3 is 0 Å². The van der Waals surface area contributed by atoms with E-state index >= 15 is 0 Å². The molecule has 3 aromatic rings. The van der Waals surface area contributed by atoms with Crippen molar-refractivity contribution in [3.8, 4) is 11.1 Å². The van der Waals surface area contributed by atoms with E-state index in [2.05, 4.69) is 6.92 Å². The van der Waals surface area contributed by atoms with E-state index < -0.39 is 29.1 Å². The van der Waals surface area contributed by atoms with E-state index in [-0.39, 0.29) is 29.5 Å². The predicted molar refractivity (Wildman–Crippen MR) is 116 cm³/mol. The molecule has 0 nitrogen and oxygen atoms in total. The molecule has 0 saturated heterocycles.